The third-order valence-electron chi connectivity index (χ3n) is 3.75. The smallest absolute Gasteiger partial charge is 0.232 e. The van der Waals surface area contributed by atoms with Crippen molar-refractivity contribution in [1.82, 2.24) is 15.0 Å². The average Bonchev–Trinajstić information content (AvgIpc) is 2.96. The van der Waals surface area contributed by atoms with Gasteiger partial charge < -0.3 is 25.4 Å². The van der Waals surface area contributed by atoms with E-state index in [0.717, 1.165) is 32.6 Å². The van der Waals surface area contributed by atoms with Crippen molar-refractivity contribution in [3.05, 3.63) is 0 Å². The number of aliphatic hydroxyl groups is 1. The third kappa shape index (κ3) is 2.75. The Morgan fingerprint density at radius 2 is 1.80 bits per heavy atom. The van der Waals surface area contributed by atoms with E-state index in [1.807, 2.05) is 0 Å². The van der Waals surface area contributed by atoms with Gasteiger partial charge in [0.05, 0.1) is 13.2 Å². The summed E-state index contributed by atoms with van der Waals surface area (Å²) >= 11 is 0. The minimum absolute atomic E-state index is 0.202. The molecule has 1 atom stereocenters. The molecule has 8 nitrogen and oxygen atoms in total. The molecule has 3 heterocycles. The molecule has 0 saturated carbocycles. The van der Waals surface area contributed by atoms with Crippen LogP contribution in [0, 0.1) is 5.92 Å². The van der Waals surface area contributed by atoms with Crippen molar-refractivity contribution < 1.29 is 9.84 Å². The molecule has 0 spiro atoms. The number of hydrogen-bond acceptors (Lipinski definition) is 8. The molecule has 8 heteroatoms. The SMILES string of the molecule is Nc1nc(N2CCOCC2)nc(N2CCC(CO)C2)n1. The number of aromatic nitrogens is 3. The Balaban J connectivity index is 1.79. The quantitative estimate of drug-likeness (QED) is 0.735. The maximum Gasteiger partial charge on any atom is 0.232 e. The zero-order chi connectivity index (χ0) is 13.9. The number of nitrogens with zero attached hydrogens (tertiary/aromatic N) is 5. The Labute approximate surface area is 117 Å². The molecule has 0 radical (unpaired) electrons. The molecule has 2 fully saturated rings. The molecule has 2 aliphatic heterocycles. The van der Waals surface area contributed by atoms with Gasteiger partial charge in [0.2, 0.25) is 17.8 Å². The van der Waals surface area contributed by atoms with E-state index in [2.05, 4.69) is 24.8 Å². The van der Waals surface area contributed by atoms with Gasteiger partial charge >= 0.3 is 0 Å². The van der Waals surface area contributed by atoms with Crippen molar-refractivity contribution in [2.24, 2.45) is 5.92 Å². The molecule has 1 aromatic heterocycles. The first-order valence-corrected chi connectivity index (χ1v) is 6.96. The van der Waals surface area contributed by atoms with Gasteiger partial charge in [0.25, 0.3) is 0 Å². The predicted octanol–water partition coefficient (Wildman–Crippen LogP) is -0.891. The predicted molar refractivity (Wildman–Crippen MR) is 74.7 cm³/mol. The number of morpholine rings is 1. The zero-order valence-electron chi connectivity index (χ0n) is 11.4. The maximum atomic E-state index is 9.22. The van der Waals surface area contributed by atoms with Crippen LogP contribution in [0.15, 0.2) is 0 Å². The first kappa shape index (κ1) is 13.3. The van der Waals surface area contributed by atoms with Crippen LogP contribution >= 0.6 is 0 Å². The van der Waals surface area contributed by atoms with Crippen LogP contribution in [0.25, 0.3) is 0 Å². The van der Waals surface area contributed by atoms with Gasteiger partial charge in [-0.15, -0.1) is 0 Å². The minimum atomic E-state index is 0.202. The van der Waals surface area contributed by atoms with Crippen molar-refractivity contribution in [3.8, 4) is 0 Å². The fourth-order valence-electron chi connectivity index (χ4n) is 2.58. The van der Waals surface area contributed by atoms with Gasteiger partial charge in [-0.05, 0) is 6.42 Å². The second kappa shape index (κ2) is 5.76. The monoisotopic (exact) mass is 280 g/mol. The van der Waals surface area contributed by atoms with Crippen molar-refractivity contribution >= 4 is 17.8 Å². The van der Waals surface area contributed by atoms with Crippen LogP contribution in [0.1, 0.15) is 6.42 Å². The number of rotatable bonds is 3. The highest BCUT2D eigenvalue weighted by Crippen LogP contribution is 2.22. The Kier molecular flexibility index (Phi) is 3.83. The van der Waals surface area contributed by atoms with Crippen LogP contribution in [0.4, 0.5) is 17.8 Å². The molecule has 20 heavy (non-hydrogen) atoms. The van der Waals surface area contributed by atoms with Crippen LogP contribution in [0.5, 0.6) is 0 Å². The highest BCUT2D eigenvalue weighted by Gasteiger charge is 2.25. The summed E-state index contributed by atoms with van der Waals surface area (Å²) in [4.78, 5) is 17.1. The van der Waals surface area contributed by atoms with Gasteiger partial charge in [-0.1, -0.05) is 0 Å². The molecular formula is C12H20N6O2. The molecule has 0 aromatic carbocycles. The third-order valence-corrected chi connectivity index (χ3v) is 3.75. The summed E-state index contributed by atoms with van der Waals surface area (Å²) in [5, 5.41) is 9.22. The number of ether oxygens (including phenoxy) is 1. The Bertz CT molecular complexity index is 465. The number of anilines is 3. The molecule has 3 rings (SSSR count). The maximum absolute atomic E-state index is 9.22. The second-order valence-corrected chi connectivity index (χ2v) is 5.18. The Hall–Kier alpha value is -1.67. The van der Waals surface area contributed by atoms with Crippen LogP contribution in [-0.4, -0.2) is 66.1 Å². The molecule has 1 aromatic rings. The molecule has 0 bridgehead atoms. The van der Waals surface area contributed by atoms with Crippen LogP contribution in [0.2, 0.25) is 0 Å². The van der Waals surface area contributed by atoms with E-state index in [-0.39, 0.29) is 12.6 Å². The summed E-state index contributed by atoms with van der Waals surface area (Å²) in [6.45, 7) is 4.70. The lowest BCUT2D eigenvalue weighted by atomic mass is 10.1. The van der Waals surface area contributed by atoms with Gasteiger partial charge in [-0.25, -0.2) is 0 Å². The van der Waals surface area contributed by atoms with Gasteiger partial charge in [0.1, 0.15) is 0 Å². The lowest BCUT2D eigenvalue weighted by molar-refractivity contribution is 0.122. The normalized spacial score (nSPS) is 23.4. The first-order chi connectivity index (χ1) is 9.76. The molecule has 110 valence electrons. The van der Waals surface area contributed by atoms with E-state index < -0.39 is 0 Å². The number of aliphatic hydroxyl groups excluding tert-OH is 1. The molecule has 2 saturated heterocycles. The minimum Gasteiger partial charge on any atom is -0.396 e. The molecule has 0 aliphatic carbocycles. The van der Waals surface area contributed by atoms with Gasteiger partial charge in [-0.3, -0.25) is 0 Å². The summed E-state index contributed by atoms with van der Waals surface area (Å²) in [5.74, 6) is 1.75. The van der Waals surface area contributed by atoms with E-state index in [4.69, 9.17) is 10.5 Å². The van der Waals surface area contributed by atoms with Crippen molar-refractivity contribution in [2.75, 3.05) is 61.5 Å². The topological polar surface area (TPSA) is 101 Å². The Morgan fingerprint density at radius 3 is 2.45 bits per heavy atom. The number of hydrogen-bond donors (Lipinski definition) is 2. The molecular weight excluding hydrogens is 260 g/mol. The van der Waals surface area contributed by atoms with Crippen molar-refractivity contribution in [1.29, 1.82) is 0 Å². The number of nitrogen functional groups attached to an aromatic ring is 1. The average molecular weight is 280 g/mol. The van der Waals surface area contributed by atoms with Crippen molar-refractivity contribution in [2.45, 2.75) is 6.42 Å². The van der Waals surface area contributed by atoms with Gasteiger partial charge in [0, 0.05) is 38.7 Å². The highest BCUT2D eigenvalue weighted by molar-refractivity contribution is 5.44. The van der Waals surface area contributed by atoms with E-state index >= 15 is 0 Å². The van der Waals surface area contributed by atoms with E-state index in [1.165, 1.54) is 0 Å². The van der Waals surface area contributed by atoms with Gasteiger partial charge in [0.15, 0.2) is 0 Å². The second-order valence-electron chi connectivity index (χ2n) is 5.18. The summed E-state index contributed by atoms with van der Waals surface area (Å²) in [7, 11) is 0. The van der Waals surface area contributed by atoms with E-state index in [9.17, 15) is 5.11 Å². The molecule has 3 N–H and O–H groups in total. The zero-order valence-corrected chi connectivity index (χ0v) is 11.4. The fraction of sp³-hybridized carbons (Fsp3) is 0.750. The number of nitrogens with two attached hydrogens (primary N) is 1. The molecule has 0 amide bonds. The van der Waals surface area contributed by atoms with E-state index in [0.29, 0.717) is 31.0 Å². The van der Waals surface area contributed by atoms with E-state index in [1.54, 1.807) is 0 Å². The molecule has 1 unspecified atom stereocenters. The standard InChI is InChI=1S/C12H20N6O2/c13-10-14-11(17-3-5-20-6-4-17)16-12(15-10)18-2-1-9(7-18)8-19/h9,19H,1-8H2,(H2,13,14,15,16). The van der Waals surface area contributed by atoms with Gasteiger partial charge in [-0.2, -0.15) is 15.0 Å². The van der Waals surface area contributed by atoms with Crippen LogP contribution in [0.3, 0.4) is 0 Å². The Morgan fingerprint density at radius 1 is 1.10 bits per heavy atom. The van der Waals surface area contributed by atoms with Crippen molar-refractivity contribution in [3.63, 3.8) is 0 Å². The summed E-state index contributed by atoms with van der Waals surface area (Å²) in [6.07, 6.45) is 0.953. The lowest BCUT2D eigenvalue weighted by Gasteiger charge is -2.27. The first-order valence-electron chi connectivity index (χ1n) is 6.96. The molecule has 2 aliphatic rings. The fourth-order valence-corrected chi connectivity index (χ4v) is 2.58. The van der Waals surface area contributed by atoms with Crippen LogP contribution < -0.4 is 15.5 Å². The largest absolute Gasteiger partial charge is 0.396 e. The summed E-state index contributed by atoms with van der Waals surface area (Å²) in [6, 6.07) is 0. The van der Waals surface area contributed by atoms with Crippen LogP contribution in [-0.2, 0) is 4.74 Å². The lowest BCUT2D eigenvalue weighted by Crippen LogP contribution is -2.38. The summed E-state index contributed by atoms with van der Waals surface area (Å²) in [5.41, 5.74) is 5.80. The highest BCUT2D eigenvalue weighted by atomic mass is 16.5. The summed E-state index contributed by atoms with van der Waals surface area (Å²) < 4.78 is 5.33.